The number of nitrogens with one attached hydrogen (secondary N) is 2. The van der Waals surface area contributed by atoms with Gasteiger partial charge in [0.2, 0.25) is 5.91 Å². The number of nitrogen functional groups attached to an aromatic ring is 1. The first kappa shape index (κ1) is 35.4. The van der Waals surface area contributed by atoms with Crippen LogP contribution in [0.2, 0.25) is 0 Å². The Bertz CT molecular complexity index is 1820. The number of halogens is 3. The van der Waals surface area contributed by atoms with Gasteiger partial charge in [0.25, 0.3) is 0 Å². The van der Waals surface area contributed by atoms with E-state index in [4.69, 9.17) is 25.1 Å². The number of nitrogens with zero attached hydrogens (tertiary/aromatic N) is 1. The monoisotopic (exact) mass is 662 g/mol. The molecule has 0 aliphatic carbocycles. The minimum atomic E-state index is -5.08. The van der Waals surface area contributed by atoms with Gasteiger partial charge in [-0.2, -0.15) is 13.2 Å². The van der Waals surface area contributed by atoms with Crippen molar-refractivity contribution in [1.82, 2.24) is 10.3 Å². The second-order valence-corrected chi connectivity index (χ2v) is 12.5. The number of aliphatic carboxylic acids is 1. The largest absolute Gasteiger partial charge is 0.493 e. The van der Waals surface area contributed by atoms with E-state index in [9.17, 15) is 26.4 Å². The van der Waals surface area contributed by atoms with Gasteiger partial charge in [-0.3, -0.25) is 4.79 Å². The van der Waals surface area contributed by atoms with E-state index >= 15 is 0 Å². The highest BCUT2D eigenvalue weighted by molar-refractivity contribution is 7.92. The minimum Gasteiger partial charge on any atom is -0.493 e. The number of aromatic nitrogens is 1. The highest BCUT2D eigenvalue weighted by Gasteiger charge is 2.38. The summed E-state index contributed by atoms with van der Waals surface area (Å²) >= 11 is 0. The van der Waals surface area contributed by atoms with E-state index in [1.54, 1.807) is 62.5 Å². The number of hydrogen-bond acceptors (Lipinski definition) is 9. The van der Waals surface area contributed by atoms with E-state index < -0.39 is 33.3 Å². The van der Waals surface area contributed by atoms with Crippen molar-refractivity contribution in [1.29, 1.82) is 0 Å². The molecule has 46 heavy (non-hydrogen) atoms. The van der Waals surface area contributed by atoms with Crippen molar-refractivity contribution >= 4 is 44.0 Å². The molecule has 5 N–H and O–H groups in total. The Balaban J connectivity index is 0.000000738. The molecule has 0 fully saturated rings. The zero-order valence-electron chi connectivity index (χ0n) is 25.3. The molecule has 0 spiro atoms. The third-order valence-electron chi connectivity index (χ3n) is 6.70. The third kappa shape index (κ3) is 8.56. The fourth-order valence-corrected chi connectivity index (χ4v) is 5.54. The molecule has 4 rings (SSSR count). The summed E-state index contributed by atoms with van der Waals surface area (Å²) in [5, 5.41) is 14.4. The van der Waals surface area contributed by atoms with Gasteiger partial charge in [0.1, 0.15) is 11.9 Å². The van der Waals surface area contributed by atoms with Crippen molar-refractivity contribution in [2.45, 2.75) is 42.8 Å². The second-order valence-electron chi connectivity index (χ2n) is 10.0. The molecule has 15 heteroatoms. The van der Waals surface area contributed by atoms with Crippen LogP contribution in [0.1, 0.15) is 31.0 Å². The molecule has 0 saturated carbocycles. The van der Waals surface area contributed by atoms with Crippen LogP contribution in [-0.2, 0) is 26.0 Å². The van der Waals surface area contributed by atoms with Crippen LogP contribution < -0.4 is 25.8 Å². The number of fused-ring (bicyclic) bond motifs is 1. The topological polar surface area (TPSA) is 170 Å². The number of ether oxygens (including phenoxy) is 2. The van der Waals surface area contributed by atoms with Crippen LogP contribution in [0.3, 0.4) is 0 Å². The quantitative estimate of drug-likeness (QED) is 0.179. The van der Waals surface area contributed by atoms with Crippen LogP contribution in [0, 0.1) is 0 Å². The summed E-state index contributed by atoms with van der Waals surface area (Å²) < 4.78 is 68.3. The molecule has 4 aromatic rings. The number of carbonyl (C=O) groups is 2. The Morgan fingerprint density at radius 3 is 2.24 bits per heavy atom. The van der Waals surface area contributed by atoms with Gasteiger partial charge in [-0.1, -0.05) is 24.3 Å². The van der Waals surface area contributed by atoms with Gasteiger partial charge < -0.3 is 30.9 Å². The molecule has 0 saturated heterocycles. The molecule has 1 heterocycles. The van der Waals surface area contributed by atoms with Crippen LogP contribution in [0.5, 0.6) is 11.5 Å². The number of hydrogen-bond donors (Lipinski definition) is 4. The number of pyridine rings is 1. The molecule has 11 nitrogen and oxygen atoms in total. The fourth-order valence-electron chi connectivity index (χ4n) is 4.26. The SMILES string of the molecule is COc1ccc(C(Nc2ccc3c(N)nccc3c2)C(=O)NCc2ccccc2S(=O)(=O)C(C)C)cc1OC.O=C(O)C(F)(F)F. The Morgan fingerprint density at radius 1 is 0.978 bits per heavy atom. The Morgan fingerprint density at radius 2 is 1.63 bits per heavy atom. The summed E-state index contributed by atoms with van der Waals surface area (Å²) in [4.78, 5) is 26.9. The number of carbonyl (C=O) groups excluding carboxylic acids is 1. The van der Waals surface area contributed by atoms with E-state index in [1.165, 1.54) is 14.2 Å². The van der Waals surface area contributed by atoms with E-state index in [0.29, 0.717) is 34.1 Å². The van der Waals surface area contributed by atoms with Crippen molar-refractivity contribution in [3.05, 3.63) is 84.1 Å². The number of rotatable bonds is 10. The molecule has 1 atom stereocenters. The normalized spacial score (nSPS) is 12.1. The first-order valence-electron chi connectivity index (χ1n) is 13.6. The molecule has 0 aliphatic heterocycles. The van der Waals surface area contributed by atoms with Gasteiger partial charge in [0, 0.05) is 23.8 Å². The zero-order chi connectivity index (χ0) is 34.2. The van der Waals surface area contributed by atoms with Gasteiger partial charge in [-0.25, -0.2) is 18.2 Å². The van der Waals surface area contributed by atoms with Gasteiger partial charge in [-0.15, -0.1) is 0 Å². The maximum Gasteiger partial charge on any atom is 0.490 e. The highest BCUT2D eigenvalue weighted by Crippen LogP contribution is 2.32. The molecular weight excluding hydrogens is 629 g/mol. The van der Waals surface area contributed by atoms with Gasteiger partial charge in [-0.05, 0) is 72.8 Å². The Hall–Kier alpha value is -5.05. The average Bonchev–Trinajstić information content (AvgIpc) is 3.02. The average molecular weight is 663 g/mol. The molecule has 0 radical (unpaired) electrons. The lowest BCUT2D eigenvalue weighted by atomic mass is 10.0. The van der Waals surface area contributed by atoms with Crippen LogP contribution in [0.4, 0.5) is 24.7 Å². The number of carboxylic acids is 1. The summed E-state index contributed by atoms with van der Waals surface area (Å²) in [6, 6.07) is 18.5. The van der Waals surface area contributed by atoms with Crippen LogP contribution >= 0.6 is 0 Å². The number of anilines is 2. The number of benzene rings is 3. The number of sulfone groups is 1. The smallest absolute Gasteiger partial charge is 0.490 e. The van der Waals surface area contributed by atoms with Crippen molar-refractivity contribution in [3.63, 3.8) is 0 Å². The minimum absolute atomic E-state index is 0.0341. The second kappa shape index (κ2) is 14.8. The van der Waals surface area contributed by atoms with E-state index in [-0.39, 0.29) is 17.3 Å². The van der Waals surface area contributed by atoms with Crippen molar-refractivity contribution in [2.24, 2.45) is 0 Å². The van der Waals surface area contributed by atoms with Crippen molar-refractivity contribution in [2.75, 3.05) is 25.3 Å². The van der Waals surface area contributed by atoms with Crippen molar-refractivity contribution < 1.29 is 45.8 Å². The number of methoxy groups -OCH3 is 2. The van der Waals surface area contributed by atoms with Gasteiger partial charge in [0.05, 0.1) is 24.4 Å². The summed E-state index contributed by atoms with van der Waals surface area (Å²) in [7, 11) is -0.464. The van der Waals surface area contributed by atoms with E-state index in [2.05, 4.69) is 15.6 Å². The summed E-state index contributed by atoms with van der Waals surface area (Å²) in [6.07, 6.45) is -3.46. The molecule has 246 valence electrons. The van der Waals surface area contributed by atoms with Gasteiger partial charge >= 0.3 is 12.1 Å². The predicted octanol–water partition coefficient (Wildman–Crippen LogP) is 5.12. The molecule has 1 unspecified atom stereocenters. The number of nitrogens with two attached hydrogens (primary N) is 1. The zero-order valence-corrected chi connectivity index (χ0v) is 26.1. The number of carboxylic acid groups (broad SMARTS) is 1. The summed E-state index contributed by atoms with van der Waals surface area (Å²) in [5.41, 5.74) is 7.82. The lowest BCUT2D eigenvalue weighted by molar-refractivity contribution is -0.192. The first-order valence-corrected chi connectivity index (χ1v) is 15.2. The molecule has 3 aromatic carbocycles. The molecular formula is C31H33F3N4O7S. The maximum atomic E-state index is 13.7. The molecule has 1 amide bonds. The van der Waals surface area contributed by atoms with Crippen LogP contribution in [0.15, 0.2) is 77.8 Å². The molecule has 0 bridgehead atoms. The highest BCUT2D eigenvalue weighted by atomic mass is 32.2. The number of alkyl halides is 3. The molecule has 1 aromatic heterocycles. The van der Waals surface area contributed by atoms with E-state index in [0.717, 1.165) is 10.8 Å². The molecule has 0 aliphatic rings. The van der Waals surface area contributed by atoms with Crippen LogP contribution in [-0.4, -0.2) is 56.0 Å². The Labute approximate surface area is 263 Å². The summed E-state index contributed by atoms with van der Waals surface area (Å²) in [5.74, 6) is -1.69. The predicted molar refractivity (Wildman–Crippen MR) is 166 cm³/mol. The fraction of sp³-hybridized carbons (Fsp3) is 0.258. The maximum absolute atomic E-state index is 13.7. The Kier molecular flexibility index (Phi) is 11.4. The van der Waals surface area contributed by atoms with Gasteiger partial charge in [0.15, 0.2) is 21.3 Å². The van der Waals surface area contributed by atoms with E-state index in [1.807, 2.05) is 24.3 Å². The summed E-state index contributed by atoms with van der Waals surface area (Å²) in [6.45, 7) is 3.30. The van der Waals surface area contributed by atoms with Crippen molar-refractivity contribution in [3.8, 4) is 11.5 Å². The number of amides is 1. The lowest BCUT2D eigenvalue weighted by Gasteiger charge is -2.22. The lowest BCUT2D eigenvalue weighted by Crippen LogP contribution is -2.33. The first-order chi connectivity index (χ1) is 21.6. The standard InChI is InChI=1S/C29H32N4O5S.C2HF3O2/c1-18(2)39(35,36)26-8-6-5-7-21(26)17-32-29(34)27(20-9-12-24(37-3)25(16-20)38-4)33-22-10-11-23-19(15-22)13-14-31-28(23)30;3-2(4,5)1(6)7/h5-16,18,27,33H,17H2,1-4H3,(H2,30,31)(H,32,34);(H,6,7). The third-order valence-corrected chi connectivity index (χ3v) is 8.96. The van der Waals surface area contributed by atoms with Crippen LogP contribution in [0.25, 0.3) is 10.8 Å².